The standard InChI is InChI=1S/C19H19N3O2/c1-24-15-6-4-5-13(11-15)19(23)20-12-18-21-16-7-2-3-8-17(16)22(18)14-9-10-14/h2-8,11,14H,9-10,12H2,1H3,(H,20,23). The largest absolute Gasteiger partial charge is 0.497 e. The Morgan fingerprint density at radius 3 is 2.88 bits per heavy atom. The highest BCUT2D eigenvalue weighted by Gasteiger charge is 2.28. The van der Waals surface area contributed by atoms with Crippen molar-refractivity contribution in [1.82, 2.24) is 14.9 Å². The number of carbonyl (C=O) groups excluding carboxylic acids is 1. The fourth-order valence-corrected chi connectivity index (χ4v) is 2.98. The number of imidazole rings is 1. The first-order valence-electron chi connectivity index (χ1n) is 8.14. The quantitative estimate of drug-likeness (QED) is 0.784. The molecule has 1 amide bonds. The van der Waals surface area contributed by atoms with Gasteiger partial charge in [-0.15, -0.1) is 0 Å². The van der Waals surface area contributed by atoms with Crippen LogP contribution in [0.2, 0.25) is 0 Å². The van der Waals surface area contributed by atoms with E-state index in [1.807, 2.05) is 30.3 Å². The number of methoxy groups -OCH3 is 1. The van der Waals surface area contributed by atoms with Gasteiger partial charge in [-0.1, -0.05) is 18.2 Å². The summed E-state index contributed by atoms with van der Waals surface area (Å²) in [7, 11) is 1.59. The Hall–Kier alpha value is -2.82. The van der Waals surface area contributed by atoms with E-state index >= 15 is 0 Å². The highest BCUT2D eigenvalue weighted by Crippen LogP contribution is 2.38. The molecule has 1 aliphatic carbocycles. The smallest absolute Gasteiger partial charge is 0.251 e. The first kappa shape index (κ1) is 14.8. The zero-order chi connectivity index (χ0) is 16.5. The van der Waals surface area contributed by atoms with Gasteiger partial charge < -0.3 is 14.6 Å². The molecule has 0 radical (unpaired) electrons. The molecule has 4 rings (SSSR count). The molecule has 1 aliphatic rings. The van der Waals surface area contributed by atoms with Crippen LogP contribution in [-0.4, -0.2) is 22.6 Å². The van der Waals surface area contributed by atoms with Crippen molar-refractivity contribution >= 4 is 16.9 Å². The van der Waals surface area contributed by atoms with Gasteiger partial charge in [0.15, 0.2) is 0 Å². The number of nitrogens with one attached hydrogen (secondary N) is 1. The van der Waals surface area contributed by atoms with Crippen LogP contribution in [0.25, 0.3) is 11.0 Å². The molecule has 0 atom stereocenters. The van der Waals surface area contributed by atoms with Crippen molar-refractivity contribution in [3.63, 3.8) is 0 Å². The van der Waals surface area contributed by atoms with Gasteiger partial charge in [-0.3, -0.25) is 4.79 Å². The predicted octanol–water partition coefficient (Wildman–Crippen LogP) is 3.31. The molecular weight excluding hydrogens is 302 g/mol. The second kappa shape index (κ2) is 6.00. The third-order valence-electron chi connectivity index (χ3n) is 4.32. The Morgan fingerprint density at radius 1 is 1.25 bits per heavy atom. The number of nitrogens with zero attached hydrogens (tertiary/aromatic N) is 2. The highest BCUT2D eigenvalue weighted by atomic mass is 16.5. The first-order valence-corrected chi connectivity index (χ1v) is 8.14. The molecule has 0 unspecified atom stereocenters. The topological polar surface area (TPSA) is 56.1 Å². The van der Waals surface area contributed by atoms with Gasteiger partial charge >= 0.3 is 0 Å². The molecule has 0 saturated heterocycles. The molecule has 122 valence electrons. The summed E-state index contributed by atoms with van der Waals surface area (Å²) < 4.78 is 7.44. The van der Waals surface area contributed by atoms with Gasteiger partial charge in [-0.2, -0.15) is 0 Å². The van der Waals surface area contributed by atoms with Crippen LogP contribution in [0.3, 0.4) is 0 Å². The fraction of sp³-hybridized carbons (Fsp3) is 0.263. The number of hydrogen-bond acceptors (Lipinski definition) is 3. The lowest BCUT2D eigenvalue weighted by atomic mass is 10.2. The van der Waals surface area contributed by atoms with E-state index in [2.05, 4.69) is 16.0 Å². The molecule has 1 heterocycles. The molecule has 1 aromatic heterocycles. The Morgan fingerprint density at radius 2 is 2.08 bits per heavy atom. The normalized spacial score (nSPS) is 13.9. The average Bonchev–Trinajstić information content (AvgIpc) is 3.39. The van der Waals surface area contributed by atoms with Crippen LogP contribution in [0, 0.1) is 0 Å². The summed E-state index contributed by atoms with van der Waals surface area (Å²) in [4.78, 5) is 17.1. The number of para-hydroxylation sites is 2. The third kappa shape index (κ3) is 2.73. The van der Waals surface area contributed by atoms with Crippen LogP contribution in [0.4, 0.5) is 0 Å². The van der Waals surface area contributed by atoms with Gasteiger partial charge in [-0.05, 0) is 43.2 Å². The molecule has 0 bridgehead atoms. The number of fused-ring (bicyclic) bond motifs is 1. The lowest BCUT2D eigenvalue weighted by Crippen LogP contribution is -2.24. The lowest BCUT2D eigenvalue weighted by Gasteiger charge is -2.09. The second-order valence-electron chi connectivity index (χ2n) is 6.03. The van der Waals surface area contributed by atoms with Crippen molar-refractivity contribution in [2.24, 2.45) is 0 Å². The van der Waals surface area contributed by atoms with E-state index in [9.17, 15) is 4.79 Å². The van der Waals surface area contributed by atoms with Crippen molar-refractivity contribution in [2.45, 2.75) is 25.4 Å². The van der Waals surface area contributed by atoms with Gasteiger partial charge in [0.05, 0.1) is 24.7 Å². The molecule has 1 N–H and O–H groups in total. The van der Waals surface area contributed by atoms with E-state index < -0.39 is 0 Å². The molecule has 5 nitrogen and oxygen atoms in total. The van der Waals surface area contributed by atoms with Gasteiger partial charge in [0.1, 0.15) is 11.6 Å². The molecular formula is C19H19N3O2. The molecule has 0 aliphatic heterocycles. The molecule has 1 saturated carbocycles. The van der Waals surface area contributed by atoms with Crippen molar-refractivity contribution < 1.29 is 9.53 Å². The van der Waals surface area contributed by atoms with Crippen LogP contribution >= 0.6 is 0 Å². The Balaban J connectivity index is 1.56. The monoisotopic (exact) mass is 321 g/mol. The van der Waals surface area contributed by atoms with E-state index in [1.165, 1.54) is 12.8 Å². The number of carbonyl (C=O) groups is 1. The summed E-state index contributed by atoms with van der Waals surface area (Å²) in [6, 6.07) is 15.8. The van der Waals surface area contributed by atoms with Crippen LogP contribution in [0.5, 0.6) is 5.75 Å². The maximum Gasteiger partial charge on any atom is 0.251 e. The Labute approximate surface area is 140 Å². The molecule has 1 fully saturated rings. The Bertz CT molecular complexity index is 897. The highest BCUT2D eigenvalue weighted by molar-refractivity contribution is 5.94. The molecule has 2 aromatic carbocycles. The summed E-state index contributed by atoms with van der Waals surface area (Å²) in [5.74, 6) is 1.46. The second-order valence-corrected chi connectivity index (χ2v) is 6.03. The Kier molecular flexibility index (Phi) is 3.69. The van der Waals surface area contributed by atoms with E-state index in [-0.39, 0.29) is 5.91 Å². The fourth-order valence-electron chi connectivity index (χ4n) is 2.98. The van der Waals surface area contributed by atoms with Crippen LogP contribution in [0.1, 0.15) is 35.1 Å². The maximum absolute atomic E-state index is 12.4. The molecule has 3 aromatic rings. The summed E-state index contributed by atoms with van der Waals surface area (Å²) >= 11 is 0. The van der Waals surface area contributed by atoms with Crippen molar-refractivity contribution in [3.8, 4) is 5.75 Å². The summed E-state index contributed by atoms with van der Waals surface area (Å²) in [6.45, 7) is 0.418. The summed E-state index contributed by atoms with van der Waals surface area (Å²) in [6.07, 6.45) is 2.36. The van der Waals surface area contributed by atoms with Gasteiger partial charge in [0.25, 0.3) is 5.91 Å². The first-order chi connectivity index (χ1) is 11.8. The number of aromatic nitrogens is 2. The van der Waals surface area contributed by atoms with Gasteiger partial charge in [0, 0.05) is 11.6 Å². The SMILES string of the molecule is COc1cccc(C(=O)NCc2nc3ccccc3n2C2CC2)c1. The molecule has 0 spiro atoms. The van der Waals surface area contributed by atoms with Gasteiger partial charge in [0.2, 0.25) is 0 Å². The number of hydrogen-bond donors (Lipinski definition) is 1. The van der Waals surface area contributed by atoms with Crippen LogP contribution in [0.15, 0.2) is 48.5 Å². The third-order valence-corrected chi connectivity index (χ3v) is 4.32. The zero-order valence-electron chi connectivity index (χ0n) is 13.5. The summed E-state index contributed by atoms with van der Waals surface area (Å²) in [5.41, 5.74) is 2.71. The van der Waals surface area contributed by atoms with Crippen LogP contribution in [-0.2, 0) is 6.54 Å². The van der Waals surface area contributed by atoms with Crippen LogP contribution < -0.4 is 10.1 Å². The molecule has 24 heavy (non-hydrogen) atoms. The number of benzene rings is 2. The van der Waals surface area contributed by atoms with Gasteiger partial charge in [-0.25, -0.2) is 4.98 Å². The maximum atomic E-state index is 12.4. The average molecular weight is 321 g/mol. The summed E-state index contributed by atoms with van der Waals surface area (Å²) in [5, 5.41) is 2.97. The van der Waals surface area contributed by atoms with E-state index in [1.54, 1.807) is 19.2 Å². The zero-order valence-corrected chi connectivity index (χ0v) is 13.5. The number of ether oxygens (including phenoxy) is 1. The minimum atomic E-state index is -0.122. The molecule has 5 heteroatoms. The van der Waals surface area contributed by atoms with E-state index in [0.717, 1.165) is 16.9 Å². The minimum absolute atomic E-state index is 0.122. The van der Waals surface area contributed by atoms with E-state index in [0.29, 0.717) is 23.9 Å². The predicted molar refractivity (Wildman–Crippen MR) is 92.2 cm³/mol. The van der Waals surface area contributed by atoms with Crippen molar-refractivity contribution in [1.29, 1.82) is 0 Å². The number of amides is 1. The van der Waals surface area contributed by atoms with Crippen molar-refractivity contribution in [3.05, 3.63) is 59.9 Å². The van der Waals surface area contributed by atoms with Crippen molar-refractivity contribution in [2.75, 3.05) is 7.11 Å². The minimum Gasteiger partial charge on any atom is -0.497 e. The van der Waals surface area contributed by atoms with E-state index in [4.69, 9.17) is 9.72 Å². The number of rotatable bonds is 5. The lowest BCUT2D eigenvalue weighted by molar-refractivity contribution is 0.0949.